The highest BCUT2D eigenvalue weighted by atomic mass is 16.5. The monoisotopic (exact) mass is 384 g/mol. The second kappa shape index (κ2) is 13.3. The number of rotatable bonds is 11. The molecule has 0 radical (unpaired) electrons. The van der Waals surface area contributed by atoms with Crippen molar-refractivity contribution in [2.24, 2.45) is 10.9 Å². The Bertz CT molecular complexity index is 406. The summed E-state index contributed by atoms with van der Waals surface area (Å²) >= 11 is 0. The van der Waals surface area contributed by atoms with Crippen LogP contribution in [0.5, 0.6) is 0 Å². The maximum Gasteiger partial charge on any atom is 0.191 e. The van der Waals surface area contributed by atoms with Gasteiger partial charge >= 0.3 is 0 Å². The number of ether oxygens (including phenoxy) is 3. The average molecular weight is 385 g/mol. The number of likely N-dealkylation sites (tertiary alicyclic amines) is 1. The van der Waals surface area contributed by atoms with Gasteiger partial charge in [0.05, 0.1) is 25.9 Å². The van der Waals surface area contributed by atoms with Crippen molar-refractivity contribution in [1.82, 2.24) is 15.5 Å². The number of hydrogen-bond donors (Lipinski definition) is 2. The van der Waals surface area contributed by atoms with E-state index >= 15 is 0 Å². The molecule has 7 heteroatoms. The SMILES string of the molecule is CN=C(NCCCOCC1CCOC1)NC1CCN(CCOC(C)C)CC1. The summed E-state index contributed by atoms with van der Waals surface area (Å²) in [5, 5.41) is 6.96. The Morgan fingerprint density at radius 3 is 2.70 bits per heavy atom. The number of nitrogens with zero attached hydrogens (tertiary/aromatic N) is 2. The highest BCUT2D eigenvalue weighted by Gasteiger charge is 2.19. The van der Waals surface area contributed by atoms with E-state index in [0.717, 1.165) is 90.9 Å². The molecule has 0 bridgehead atoms. The molecule has 158 valence electrons. The van der Waals surface area contributed by atoms with Gasteiger partial charge in [-0.25, -0.2) is 0 Å². The molecule has 2 fully saturated rings. The zero-order chi connectivity index (χ0) is 19.3. The fraction of sp³-hybridized carbons (Fsp3) is 0.950. The quantitative estimate of drug-likeness (QED) is 0.320. The molecule has 2 saturated heterocycles. The molecule has 0 aromatic carbocycles. The van der Waals surface area contributed by atoms with Gasteiger partial charge < -0.3 is 29.7 Å². The molecular weight excluding hydrogens is 344 g/mol. The molecule has 2 heterocycles. The van der Waals surface area contributed by atoms with E-state index in [0.29, 0.717) is 18.1 Å². The van der Waals surface area contributed by atoms with Gasteiger partial charge in [0.25, 0.3) is 0 Å². The van der Waals surface area contributed by atoms with Crippen molar-refractivity contribution in [1.29, 1.82) is 0 Å². The van der Waals surface area contributed by atoms with Crippen LogP contribution < -0.4 is 10.6 Å². The zero-order valence-corrected chi connectivity index (χ0v) is 17.5. The minimum atomic E-state index is 0.320. The van der Waals surface area contributed by atoms with Crippen LogP contribution in [0.25, 0.3) is 0 Å². The molecule has 1 atom stereocenters. The summed E-state index contributed by atoms with van der Waals surface area (Å²) in [7, 11) is 1.84. The number of hydrogen-bond acceptors (Lipinski definition) is 5. The Morgan fingerprint density at radius 2 is 2.04 bits per heavy atom. The van der Waals surface area contributed by atoms with Crippen LogP contribution in [0.1, 0.15) is 39.5 Å². The van der Waals surface area contributed by atoms with E-state index in [1.165, 1.54) is 0 Å². The van der Waals surface area contributed by atoms with Gasteiger partial charge in [0.2, 0.25) is 0 Å². The first-order valence-electron chi connectivity index (χ1n) is 10.6. The number of guanidine groups is 1. The van der Waals surface area contributed by atoms with Crippen LogP contribution in [0.15, 0.2) is 4.99 Å². The molecule has 1 unspecified atom stereocenters. The minimum Gasteiger partial charge on any atom is -0.381 e. The predicted octanol–water partition coefficient (Wildman–Crippen LogP) is 1.48. The first kappa shape index (κ1) is 22.4. The number of piperidine rings is 1. The third kappa shape index (κ3) is 9.74. The zero-order valence-electron chi connectivity index (χ0n) is 17.5. The molecule has 0 spiro atoms. The van der Waals surface area contributed by atoms with Crippen LogP contribution in [-0.2, 0) is 14.2 Å². The first-order chi connectivity index (χ1) is 13.2. The van der Waals surface area contributed by atoms with Crippen molar-refractivity contribution in [3.63, 3.8) is 0 Å². The summed E-state index contributed by atoms with van der Waals surface area (Å²) in [5.74, 6) is 1.50. The topological polar surface area (TPSA) is 67.4 Å². The van der Waals surface area contributed by atoms with Crippen molar-refractivity contribution >= 4 is 5.96 Å². The summed E-state index contributed by atoms with van der Waals surface area (Å²) in [4.78, 5) is 6.84. The van der Waals surface area contributed by atoms with E-state index < -0.39 is 0 Å². The van der Waals surface area contributed by atoms with Crippen molar-refractivity contribution < 1.29 is 14.2 Å². The van der Waals surface area contributed by atoms with Gasteiger partial charge in [-0.1, -0.05) is 0 Å². The van der Waals surface area contributed by atoms with Crippen molar-refractivity contribution in [3.05, 3.63) is 0 Å². The molecule has 27 heavy (non-hydrogen) atoms. The smallest absolute Gasteiger partial charge is 0.191 e. The molecule has 0 aromatic heterocycles. The molecule has 7 nitrogen and oxygen atoms in total. The fourth-order valence-electron chi connectivity index (χ4n) is 3.45. The van der Waals surface area contributed by atoms with E-state index in [2.05, 4.69) is 34.4 Å². The summed E-state index contributed by atoms with van der Waals surface area (Å²) in [5.41, 5.74) is 0. The molecule has 0 amide bonds. The second-order valence-electron chi connectivity index (χ2n) is 7.84. The van der Waals surface area contributed by atoms with Crippen LogP contribution in [0.3, 0.4) is 0 Å². The lowest BCUT2D eigenvalue weighted by atomic mass is 10.1. The third-order valence-corrected chi connectivity index (χ3v) is 5.15. The van der Waals surface area contributed by atoms with Crippen LogP contribution in [0.2, 0.25) is 0 Å². The largest absolute Gasteiger partial charge is 0.381 e. The maximum absolute atomic E-state index is 5.75. The number of aliphatic imine (C=N–C) groups is 1. The van der Waals surface area contributed by atoms with Crippen LogP contribution in [0, 0.1) is 5.92 Å². The lowest BCUT2D eigenvalue weighted by Crippen LogP contribution is -2.49. The molecule has 2 N–H and O–H groups in total. The van der Waals surface area contributed by atoms with Crippen molar-refractivity contribution in [3.8, 4) is 0 Å². The van der Waals surface area contributed by atoms with E-state index in [1.54, 1.807) is 0 Å². The average Bonchev–Trinajstić information content (AvgIpc) is 3.18. The second-order valence-corrected chi connectivity index (χ2v) is 7.84. The summed E-state index contributed by atoms with van der Waals surface area (Å²) < 4.78 is 16.8. The van der Waals surface area contributed by atoms with Gasteiger partial charge in [-0.05, 0) is 39.5 Å². The van der Waals surface area contributed by atoms with E-state index in [4.69, 9.17) is 14.2 Å². The van der Waals surface area contributed by atoms with Gasteiger partial charge in [0.15, 0.2) is 5.96 Å². The number of nitrogens with one attached hydrogen (secondary N) is 2. The molecule has 0 aliphatic carbocycles. The lowest BCUT2D eigenvalue weighted by molar-refractivity contribution is 0.0532. The third-order valence-electron chi connectivity index (χ3n) is 5.15. The van der Waals surface area contributed by atoms with E-state index in [1.807, 2.05) is 7.05 Å². The molecule has 0 aromatic rings. The van der Waals surface area contributed by atoms with Gasteiger partial charge in [-0.3, -0.25) is 4.99 Å². The molecular formula is C20H40N4O3. The molecule has 2 aliphatic rings. The fourth-order valence-corrected chi connectivity index (χ4v) is 3.45. The highest BCUT2D eigenvalue weighted by Crippen LogP contribution is 2.12. The van der Waals surface area contributed by atoms with E-state index in [-0.39, 0.29) is 0 Å². The molecule has 2 rings (SSSR count). The van der Waals surface area contributed by atoms with Crippen LogP contribution in [0.4, 0.5) is 0 Å². The standard InChI is InChI=1S/C20H40N4O3/c1-17(2)27-14-11-24-9-5-19(6-10-24)23-20(21-3)22-8-4-12-25-15-18-7-13-26-16-18/h17-19H,4-16H2,1-3H3,(H2,21,22,23). The Balaban J connectivity index is 1.48. The predicted molar refractivity (Wildman–Crippen MR) is 109 cm³/mol. The van der Waals surface area contributed by atoms with E-state index in [9.17, 15) is 0 Å². The normalized spacial score (nSPS) is 22.5. The minimum absolute atomic E-state index is 0.320. The highest BCUT2D eigenvalue weighted by molar-refractivity contribution is 5.79. The van der Waals surface area contributed by atoms with Gasteiger partial charge in [-0.2, -0.15) is 0 Å². The summed E-state index contributed by atoms with van der Waals surface area (Å²) in [6.45, 7) is 12.5. The van der Waals surface area contributed by atoms with Gasteiger partial charge in [0, 0.05) is 58.4 Å². The summed E-state index contributed by atoms with van der Waals surface area (Å²) in [6.07, 6.45) is 4.74. The first-order valence-corrected chi connectivity index (χ1v) is 10.6. The van der Waals surface area contributed by atoms with Crippen molar-refractivity contribution in [2.45, 2.75) is 51.7 Å². The Kier molecular flexibility index (Phi) is 11.0. The van der Waals surface area contributed by atoms with Gasteiger partial charge in [0.1, 0.15) is 0 Å². The Morgan fingerprint density at radius 1 is 1.22 bits per heavy atom. The Labute approximate surface area is 165 Å². The van der Waals surface area contributed by atoms with Crippen molar-refractivity contribution in [2.75, 3.05) is 66.3 Å². The molecule has 2 aliphatic heterocycles. The van der Waals surface area contributed by atoms with Gasteiger partial charge in [-0.15, -0.1) is 0 Å². The van der Waals surface area contributed by atoms with Crippen LogP contribution in [-0.4, -0.2) is 89.3 Å². The van der Waals surface area contributed by atoms with Crippen LogP contribution >= 0.6 is 0 Å². The lowest BCUT2D eigenvalue weighted by Gasteiger charge is -2.33. The maximum atomic E-state index is 5.75. The molecule has 0 saturated carbocycles. The summed E-state index contributed by atoms with van der Waals surface area (Å²) in [6, 6.07) is 0.497. The Hall–Kier alpha value is -0.890.